The molecule has 0 aromatic carbocycles. The van der Waals surface area contributed by atoms with Crippen LogP contribution in [0.25, 0.3) is 0 Å². The van der Waals surface area contributed by atoms with Gasteiger partial charge in [-0.3, -0.25) is 0 Å². The summed E-state index contributed by atoms with van der Waals surface area (Å²) in [6.07, 6.45) is 0. The van der Waals surface area contributed by atoms with Crippen molar-refractivity contribution in [3.8, 4) is 0 Å². The average Bonchev–Trinajstić information content (AvgIpc) is 2.45. The van der Waals surface area contributed by atoms with Gasteiger partial charge < -0.3 is 9.59 Å². The van der Waals surface area contributed by atoms with Crippen LogP contribution in [0.4, 0.5) is 0 Å². The Hall–Kier alpha value is -0.0106. The molecule has 0 N–H and O–H groups in total. The third kappa shape index (κ3) is 3.41. The van der Waals surface area contributed by atoms with E-state index in [9.17, 15) is 9.59 Å². The van der Waals surface area contributed by atoms with E-state index in [0.29, 0.717) is 7.17 Å². The zero-order valence-corrected chi connectivity index (χ0v) is 16.5. The zero-order valence-electron chi connectivity index (χ0n) is 16.5. The maximum Gasteiger partial charge on any atom is 0.125 e. The second kappa shape index (κ2) is 8.20. The van der Waals surface area contributed by atoms with Gasteiger partial charge in [0.25, 0.3) is 0 Å². The summed E-state index contributed by atoms with van der Waals surface area (Å²) >= 11 is 0. The fourth-order valence-corrected chi connectivity index (χ4v) is 4.66. The van der Waals surface area contributed by atoms with Gasteiger partial charge in [-0.1, -0.05) is 27.7 Å². The predicted molar refractivity (Wildman–Crippen MR) is 122 cm³/mol. The quantitative estimate of drug-likeness (QED) is 0.396. The molecule has 12 heteroatoms. The van der Waals surface area contributed by atoms with Crippen LogP contribution >= 0.6 is 0 Å². The molecule has 22 heavy (non-hydrogen) atoms. The maximum atomic E-state index is 13.4. The van der Waals surface area contributed by atoms with E-state index in [-0.39, 0.29) is 36.4 Å². The van der Waals surface area contributed by atoms with E-state index in [1.807, 2.05) is 35.5 Å². The van der Waals surface area contributed by atoms with Gasteiger partial charge in [0.1, 0.15) is 19.4 Å². The van der Waals surface area contributed by atoms with Crippen LogP contribution < -0.4 is 0 Å². The molecule has 2 atom stereocenters. The molecule has 0 saturated carbocycles. The highest BCUT2D eigenvalue weighted by molar-refractivity contribution is 7.54. The van der Waals surface area contributed by atoms with Crippen LogP contribution in [-0.4, -0.2) is 85.3 Å². The minimum absolute atomic E-state index is 0.0490. The van der Waals surface area contributed by atoms with Gasteiger partial charge in [0.05, 0.1) is 58.8 Å². The van der Waals surface area contributed by atoms with E-state index < -0.39 is 10.4 Å². The molecule has 0 saturated heterocycles. The molecule has 0 rings (SSSR count). The standard InChI is InChI=1S/C10H28B10O2/c1-5(2)7(21)9(11,17-12)10(19(14)15,20(16)18-13)8(22)6(3)4/h5-6,17-18H,11-16H2,1-4H3. The second-order valence-electron chi connectivity index (χ2n) is 8.06. The van der Waals surface area contributed by atoms with Crippen LogP contribution in [0.1, 0.15) is 27.7 Å². The van der Waals surface area contributed by atoms with Gasteiger partial charge in [-0.2, -0.15) is 0 Å². The second-order valence-corrected chi connectivity index (χ2v) is 8.06. The summed E-state index contributed by atoms with van der Waals surface area (Å²) in [5.74, 6) is 0.391. The number of carbonyl (C=O) groups excluding carboxylic acids is 2. The Morgan fingerprint density at radius 1 is 0.955 bits per heavy atom. The lowest BCUT2D eigenvalue weighted by Gasteiger charge is -2.54. The number of hydrogen-bond donors (Lipinski definition) is 0. The van der Waals surface area contributed by atoms with Crippen molar-refractivity contribution in [2.75, 3.05) is 0 Å². The van der Waals surface area contributed by atoms with Gasteiger partial charge in [0.15, 0.2) is 0 Å². The molecule has 2 unspecified atom stereocenters. The van der Waals surface area contributed by atoms with Crippen molar-refractivity contribution in [2.24, 2.45) is 11.8 Å². The van der Waals surface area contributed by atoms with Crippen molar-refractivity contribution in [3.05, 3.63) is 0 Å². The molecular weight excluding hydrogens is 260 g/mol. The lowest BCUT2D eigenvalue weighted by molar-refractivity contribution is -0.129. The first-order valence-electron chi connectivity index (χ1n) is 9.03. The SMILES string of the molecule is BBB(B)C(B(B)B)(C(=O)C(C)C)C(B)(BB)C(=O)C(C)C. The van der Waals surface area contributed by atoms with Gasteiger partial charge >= 0.3 is 0 Å². The summed E-state index contributed by atoms with van der Waals surface area (Å²) in [6.45, 7) is 8.19. The first kappa shape index (κ1) is 22.0. The molecule has 110 valence electrons. The first-order valence-corrected chi connectivity index (χ1v) is 9.03. The molecule has 0 aliphatic heterocycles. The summed E-state index contributed by atoms with van der Waals surface area (Å²) in [4.78, 5) is 26.5. The molecule has 0 amide bonds. The topological polar surface area (TPSA) is 34.1 Å². The molecule has 0 aliphatic rings. The monoisotopic (exact) mass is 290 g/mol. The average molecular weight is 288 g/mol. The highest BCUT2D eigenvalue weighted by Gasteiger charge is 2.59. The third-order valence-corrected chi connectivity index (χ3v) is 5.92. The number of hydrogen-bond acceptors (Lipinski definition) is 2. The van der Waals surface area contributed by atoms with Crippen molar-refractivity contribution >= 4 is 85.3 Å². The van der Waals surface area contributed by atoms with Crippen LogP contribution in [-0.2, 0) is 9.59 Å². The predicted octanol–water partition coefficient (Wildman–Crippen LogP) is -5.69. The Morgan fingerprint density at radius 2 is 1.36 bits per heavy atom. The van der Waals surface area contributed by atoms with Crippen LogP contribution in [0.2, 0.25) is 10.4 Å². The van der Waals surface area contributed by atoms with Crippen LogP contribution in [0.3, 0.4) is 0 Å². The molecule has 0 aliphatic carbocycles. The van der Waals surface area contributed by atoms with E-state index in [1.54, 1.807) is 0 Å². The maximum absolute atomic E-state index is 13.4. The van der Waals surface area contributed by atoms with Crippen molar-refractivity contribution in [1.82, 2.24) is 0 Å². The summed E-state index contributed by atoms with van der Waals surface area (Å²) in [6, 6.07) is 0. The molecule has 0 spiro atoms. The zero-order chi connectivity index (χ0) is 17.9. The van der Waals surface area contributed by atoms with Crippen molar-refractivity contribution in [3.63, 3.8) is 0 Å². The van der Waals surface area contributed by atoms with Gasteiger partial charge in [-0.05, 0) is 10.4 Å². The Balaban J connectivity index is 6.59. The van der Waals surface area contributed by atoms with E-state index in [2.05, 4.69) is 38.7 Å². The molecule has 2 nitrogen and oxygen atoms in total. The number of carbonyl (C=O) groups is 2. The van der Waals surface area contributed by atoms with E-state index in [0.717, 1.165) is 7.06 Å². The van der Waals surface area contributed by atoms with Gasteiger partial charge in [-0.15, -0.1) is 0 Å². The fraction of sp³-hybridized carbons (Fsp3) is 0.800. The summed E-state index contributed by atoms with van der Waals surface area (Å²) in [5.41, 5.74) is 0. The molecule has 0 radical (unpaired) electrons. The molecule has 0 aromatic heterocycles. The van der Waals surface area contributed by atoms with E-state index in [1.165, 1.54) is 0 Å². The Bertz CT molecular complexity index is 415. The minimum Gasteiger partial charge on any atom is -0.300 e. The normalized spacial score (nSPS) is 16.5. The number of Topliss-reactive ketones (excluding diaryl/α,β-unsaturated/α-hetero) is 2. The lowest BCUT2D eigenvalue weighted by atomic mass is 8.82. The van der Waals surface area contributed by atoms with Gasteiger partial charge in [-0.25, -0.2) is 0 Å². The summed E-state index contributed by atoms with van der Waals surface area (Å²) < 4.78 is 0. The minimum atomic E-state index is -0.605. The number of ketones is 2. The van der Waals surface area contributed by atoms with Crippen LogP contribution in [0, 0.1) is 11.8 Å². The molecule has 0 aromatic rings. The summed E-state index contributed by atoms with van der Waals surface area (Å²) in [7, 11) is 14.3. The first-order chi connectivity index (χ1) is 9.94. The van der Waals surface area contributed by atoms with Crippen molar-refractivity contribution in [1.29, 1.82) is 0 Å². The van der Waals surface area contributed by atoms with Crippen LogP contribution in [0.5, 0.6) is 0 Å². The largest absolute Gasteiger partial charge is 0.300 e. The van der Waals surface area contributed by atoms with Gasteiger partial charge in [0.2, 0.25) is 0 Å². The van der Waals surface area contributed by atoms with Crippen molar-refractivity contribution < 1.29 is 9.59 Å². The van der Waals surface area contributed by atoms with Crippen LogP contribution in [0.15, 0.2) is 0 Å². The van der Waals surface area contributed by atoms with E-state index in [4.69, 9.17) is 0 Å². The summed E-state index contributed by atoms with van der Waals surface area (Å²) in [5, 5.41) is -1.20. The highest BCUT2D eigenvalue weighted by atomic mass is 16.1. The molecule has 0 heterocycles. The number of rotatable bonds is 9. The Labute approximate surface area is 145 Å². The molecule has 0 fully saturated rings. The molecular formula is C10H28B10O2. The fourth-order valence-electron chi connectivity index (χ4n) is 4.66. The smallest absolute Gasteiger partial charge is 0.125 e. The Kier molecular flexibility index (Phi) is 8.19. The van der Waals surface area contributed by atoms with Gasteiger partial charge in [0, 0.05) is 18.9 Å². The van der Waals surface area contributed by atoms with E-state index >= 15 is 0 Å². The highest BCUT2D eigenvalue weighted by Crippen LogP contribution is 2.54. The van der Waals surface area contributed by atoms with Crippen molar-refractivity contribution in [2.45, 2.75) is 38.1 Å². The Morgan fingerprint density at radius 3 is 1.59 bits per heavy atom. The third-order valence-electron chi connectivity index (χ3n) is 5.92. The lowest BCUT2D eigenvalue weighted by Crippen LogP contribution is -2.65. The molecule has 0 bridgehead atoms.